The summed E-state index contributed by atoms with van der Waals surface area (Å²) < 4.78 is 11.0. The van der Waals surface area contributed by atoms with Gasteiger partial charge in [-0.3, -0.25) is 9.69 Å². The van der Waals surface area contributed by atoms with E-state index in [1.807, 2.05) is 25.1 Å². The molecule has 1 aromatic carbocycles. The summed E-state index contributed by atoms with van der Waals surface area (Å²) in [5.41, 5.74) is 2.65. The molecule has 1 saturated heterocycles. The maximum Gasteiger partial charge on any atom is 0.179 e. The smallest absolute Gasteiger partial charge is 0.179 e. The van der Waals surface area contributed by atoms with E-state index in [0.29, 0.717) is 6.54 Å². The van der Waals surface area contributed by atoms with Crippen molar-refractivity contribution in [2.75, 3.05) is 26.7 Å². The molecular formula is C18H24N2O3. The molecule has 0 aliphatic carbocycles. The second kappa shape index (κ2) is 6.34. The van der Waals surface area contributed by atoms with E-state index in [4.69, 9.17) is 9.47 Å². The number of aromatic amines is 1. The van der Waals surface area contributed by atoms with Gasteiger partial charge in [0.25, 0.3) is 0 Å². The Bertz CT molecular complexity index is 712. The molecule has 0 spiro atoms. The van der Waals surface area contributed by atoms with Gasteiger partial charge in [0.2, 0.25) is 0 Å². The van der Waals surface area contributed by atoms with E-state index in [1.54, 1.807) is 7.11 Å². The molecule has 1 aliphatic heterocycles. The highest BCUT2D eigenvalue weighted by molar-refractivity contribution is 6.10. The number of aryl methyl sites for hydroxylation is 1. The number of benzene rings is 1. The largest absolute Gasteiger partial charge is 0.497 e. The van der Waals surface area contributed by atoms with Gasteiger partial charge >= 0.3 is 0 Å². The third-order valence-electron chi connectivity index (χ3n) is 4.33. The highest BCUT2D eigenvalue weighted by Crippen LogP contribution is 2.27. The van der Waals surface area contributed by atoms with E-state index >= 15 is 0 Å². The van der Waals surface area contributed by atoms with Gasteiger partial charge in [-0.1, -0.05) is 0 Å². The first kappa shape index (κ1) is 16.0. The average Bonchev–Trinajstić information content (AvgIpc) is 2.80. The van der Waals surface area contributed by atoms with Crippen LogP contribution in [0.3, 0.4) is 0 Å². The second-order valence-corrected chi connectivity index (χ2v) is 6.41. The zero-order valence-electron chi connectivity index (χ0n) is 14.2. The van der Waals surface area contributed by atoms with Gasteiger partial charge in [-0.25, -0.2) is 0 Å². The lowest BCUT2D eigenvalue weighted by molar-refractivity contribution is -0.0652. The summed E-state index contributed by atoms with van der Waals surface area (Å²) in [5, 5.41) is 0.932. The van der Waals surface area contributed by atoms with Gasteiger partial charge in [0, 0.05) is 35.2 Å². The summed E-state index contributed by atoms with van der Waals surface area (Å²) in [6.07, 6.45) is 0.325. The number of morpholine rings is 1. The molecule has 2 heterocycles. The standard InChI is InChI=1S/C18H24N2O3/c1-11-8-20(9-12(2)23-11)10-17(21)18-13(3)19-16-6-5-14(22-4)7-15(16)18/h5-7,11-12,19H,8-10H2,1-4H3/t11-,12-/m1/s1. The minimum Gasteiger partial charge on any atom is -0.497 e. The van der Waals surface area contributed by atoms with Crippen LogP contribution in [0.5, 0.6) is 5.75 Å². The molecule has 1 fully saturated rings. The first-order valence-corrected chi connectivity index (χ1v) is 8.05. The van der Waals surface area contributed by atoms with Crippen LogP contribution < -0.4 is 4.74 Å². The summed E-state index contributed by atoms with van der Waals surface area (Å²) in [4.78, 5) is 18.4. The summed E-state index contributed by atoms with van der Waals surface area (Å²) in [6, 6.07) is 5.78. The minimum atomic E-state index is 0.142. The minimum absolute atomic E-state index is 0.142. The Morgan fingerprint density at radius 2 is 2.04 bits per heavy atom. The van der Waals surface area contributed by atoms with Crippen LogP contribution in [-0.2, 0) is 4.74 Å². The van der Waals surface area contributed by atoms with Crippen molar-refractivity contribution >= 4 is 16.7 Å². The number of H-pyrrole nitrogens is 1. The highest BCUT2D eigenvalue weighted by Gasteiger charge is 2.25. The first-order chi connectivity index (χ1) is 11.0. The van der Waals surface area contributed by atoms with Crippen molar-refractivity contribution in [3.8, 4) is 5.75 Å². The van der Waals surface area contributed by atoms with Crippen LogP contribution in [0.25, 0.3) is 10.9 Å². The lowest BCUT2D eigenvalue weighted by Gasteiger charge is -2.34. The molecule has 3 rings (SSSR count). The number of ketones is 1. The average molecular weight is 316 g/mol. The Balaban J connectivity index is 1.87. The number of Topliss-reactive ketones (excluding diaryl/α,β-unsaturated/α-hetero) is 1. The number of aromatic nitrogens is 1. The van der Waals surface area contributed by atoms with Gasteiger partial charge < -0.3 is 14.5 Å². The highest BCUT2D eigenvalue weighted by atomic mass is 16.5. The fourth-order valence-electron chi connectivity index (χ4n) is 3.49. The fraction of sp³-hybridized carbons (Fsp3) is 0.500. The topological polar surface area (TPSA) is 54.6 Å². The maximum atomic E-state index is 12.9. The summed E-state index contributed by atoms with van der Waals surface area (Å²) in [6.45, 7) is 8.05. The van der Waals surface area contributed by atoms with Crippen molar-refractivity contribution in [2.45, 2.75) is 33.0 Å². The van der Waals surface area contributed by atoms with Crippen molar-refractivity contribution in [2.24, 2.45) is 0 Å². The number of nitrogens with zero attached hydrogens (tertiary/aromatic N) is 1. The molecule has 2 aromatic rings. The number of nitrogens with one attached hydrogen (secondary N) is 1. The molecule has 124 valence electrons. The molecule has 5 nitrogen and oxygen atoms in total. The first-order valence-electron chi connectivity index (χ1n) is 8.05. The molecule has 5 heteroatoms. The van der Waals surface area contributed by atoms with Gasteiger partial charge in [0.05, 0.1) is 25.9 Å². The Labute approximate surface area is 136 Å². The van der Waals surface area contributed by atoms with Gasteiger partial charge in [0.1, 0.15) is 5.75 Å². The Kier molecular flexibility index (Phi) is 4.41. The molecule has 0 saturated carbocycles. The van der Waals surface area contributed by atoms with Gasteiger partial charge in [-0.05, 0) is 39.0 Å². The van der Waals surface area contributed by atoms with E-state index in [2.05, 4.69) is 23.7 Å². The fourth-order valence-corrected chi connectivity index (χ4v) is 3.49. The van der Waals surface area contributed by atoms with E-state index < -0.39 is 0 Å². The number of hydrogen-bond acceptors (Lipinski definition) is 4. The lowest BCUT2D eigenvalue weighted by Crippen LogP contribution is -2.47. The monoisotopic (exact) mass is 316 g/mol. The van der Waals surface area contributed by atoms with Crippen molar-refractivity contribution in [1.29, 1.82) is 0 Å². The molecule has 1 aromatic heterocycles. The number of hydrogen-bond donors (Lipinski definition) is 1. The number of ether oxygens (including phenoxy) is 2. The summed E-state index contributed by atoms with van der Waals surface area (Å²) in [7, 11) is 1.64. The van der Waals surface area contributed by atoms with Crippen LogP contribution in [0.1, 0.15) is 29.9 Å². The van der Waals surface area contributed by atoms with Gasteiger partial charge in [-0.2, -0.15) is 0 Å². The van der Waals surface area contributed by atoms with E-state index in [-0.39, 0.29) is 18.0 Å². The molecule has 23 heavy (non-hydrogen) atoms. The predicted octanol–water partition coefficient (Wildman–Crippen LogP) is 2.78. The van der Waals surface area contributed by atoms with E-state index in [1.165, 1.54) is 0 Å². The zero-order chi connectivity index (χ0) is 16.6. The third kappa shape index (κ3) is 3.26. The Morgan fingerprint density at radius 1 is 1.35 bits per heavy atom. The number of methoxy groups -OCH3 is 1. The SMILES string of the molecule is COc1ccc2[nH]c(C)c(C(=O)CN3C[C@@H](C)O[C@H](C)C3)c2c1. The van der Waals surface area contributed by atoms with Crippen LogP contribution in [-0.4, -0.2) is 54.6 Å². The molecule has 1 N–H and O–H groups in total. The van der Waals surface area contributed by atoms with Crippen LogP contribution in [0.4, 0.5) is 0 Å². The zero-order valence-corrected chi connectivity index (χ0v) is 14.2. The second-order valence-electron chi connectivity index (χ2n) is 6.41. The van der Waals surface area contributed by atoms with Crippen LogP contribution in [0, 0.1) is 6.92 Å². The Hall–Kier alpha value is -1.85. The van der Waals surface area contributed by atoms with Crippen molar-refractivity contribution < 1.29 is 14.3 Å². The van der Waals surface area contributed by atoms with E-state index in [0.717, 1.165) is 41.0 Å². The molecule has 0 unspecified atom stereocenters. The summed E-state index contributed by atoms with van der Waals surface area (Å²) >= 11 is 0. The normalized spacial score (nSPS) is 22.4. The maximum absolute atomic E-state index is 12.9. The Morgan fingerprint density at radius 3 is 2.70 bits per heavy atom. The number of rotatable bonds is 4. The molecule has 0 amide bonds. The van der Waals surface area contributed by atoms with Crippen LogP contribution in [0.15, 0.2) is 18.2 Å². The van der Waals surface area contributed by atoms with Crippen LogP contribution >= 0.6 is 0 Å². The summed E-state index contributed by atoms with van der Waals surface area (Å²) in [5.74, 6) is 0.905. The molecular weight excluding hydrogens is 292 g/mol. The molecule has 1 aliphatic rings. The predicted molar refractivity (Wildman–Crippen MR) is 90.4 cm³/mol. The van der Waals surface area contributed by atoms with E-state index in [9.17, 15) is 4.79 Å². The van der Waals surface area contributed by atoms with Gasteiger partial charge in [0.15, 0.2) is 5.78 Å². The molecule has 2 atom stereocenters. The number of carbonyl (C=O) groups excluding carboxylic acids is 1. The van der Waals surface area contributed by atoms with Crippen molar-refractivity contribution in [3.63, 3.8) is 0 Å². The molecule has 0 bridgehead atoms. The van der Waals surface area contributed by atoms with Gasteiger partial charge in [-0.15, -0.1) is 0 Å². The molecule has 0 radical (unpaired) electrons. The lowest BCUT2D eigenvalue weighted by atomic mass is 10.1. The van der Waals surface area contributed by atoms with Crippen molar-refractivity contribution in [1.82, 2.24) is 9.88 Å². The number of carbonyl (C=O) groups is 1. The van der Waals surface area contributed by atoms with Crippen molar-refractivity contribution in [3.05, 3.63) is 29.5 Å². The quantitative estimate of drug-likeness (QED) is 0.881. The number of fused-ring (bicyclic) bond motifs is 1. The van der Waals surface area contributed by atoms with Crippen LogP contribution in [0.2, 0.25) is 0 Å². The third-order valence-corrected chi connectivity index (χ3v) is 4.33.